The Bertz CT molecular complexity index is 1110. The molecular weight excluding hydrogens is 440 g/mol. The third-order valence-corrected chi connectivity index (χ3v) is 5.92. The number of likely N-dealkylation sites (N-methyl/N-ethyl adjacent to an activating group) is 1. The van der Waals surface area contributed by atoms with Crippen LogP contribution in [0.3, 0.4) is 0 Å². The summed E-state index contributed by atoms with van der Waals surface area (Å²) in [6, 6.07) is 4.88. The van der Waals surface area contributed by atoms with Crippen molar-refractivity contribution >= 4 is 29.3 Å². The number of hydrogen-bond donors (Lipinski definition) is 2. The smallest absolute Gasteiger partial charge is 0.339 e. The van der Waals surface area contributed by atoms with Crippen LogP contribution in [0.15, 0.2) is 18.2 Å². The number of nitrogens with one attached hydrogen (secondary N) is 2. The molecule has 3 rings (SSSR count). The quantitative estimate of drug-likeness (QED) is 0.468. The van der Waals surface area contributed by atoms with Gasteiger partial charge < -0.3 is 29.6 Å². The van der Waals surface area contributed by atoms with Crippen molar-refractivity contribution in [1.82, 2.24) is 14.8 Å². The van der Waals surface area contributed by atoms with Gasteiger partial charge in [-0.3, -0.25) is 14.4 Å². The fraction of sp³-hybridized carbons (Fsp3) is 0.417. The van der Waals surface area contributed by atoms with Crippen LogP contribution in [0, 0.1) is 6.92 Å². The number of piperazine rings is 1. The Morgan fingerprint density at radius 2 is 1.76 bits per heavy atom. The highest BCUT2D eigenvalue weighted by Crippen LogP contribution is 2.27. The zero-order valence-electron chi connectivity index (χ0n) is 20.1. The summed E-state index contributed by atoms with van der Waals surface area (Å²) in [5.74, 6) is -1.08. The molecule has 0 bridgehead atoms. The number of methoxy groups -OCH3 is 2. The summed E-state index contributed by atoms with van der Waals surface area (Å²) in [6.45, 7) is 5.85. The average Bonchev–Trinajstić information content (AvgIpc) is 3.14. The fourth-order valence-corrected chi connectivity index (χ4v) is 4.01. The van der Waals surface area contributed by atoms with E-state index in [4.69, 9.17) is 9.47 Å². The van der Waals surface area contributed by atoms with Crippen LogP contribution >= 0.6 is 0 Å². The molecule has 2 aromatic rings. The van der Waals surface area contributed by atoms with Crippen molar-refractivity contribution in [2.75, 3.05) is 52.8 Å². The number of benzene rings is 1. The standard InChI is InChI=1S/C24H30N4O6/c1-14-21(24(32)34-5)18(26-22(14)15(2)29)13-20(30)25-17-12-16(6-7-19(17)33-4)23(31)28-10-8-27(3)9-11-28/h6-7,12,26H,8-11,13H2,1-5H3,(H,25,30). The number of anilines is 1. The van der Waals surface area contributed by atoms with E-state index in [9.17, 15) is 19.2 Å². The minimum atomic E-state index is -0.638. The van der Waals surface area contributed by atoms with Crippen LogP contribution in [-0.4, -0.2) is 85.8 Å². The van der Waals surface area contributed by atoms with Crippen LogP contribution in [0.25, 0.3) is 0 Å². The van der Waals surface area contributed by atoms with Crippen molar-refractivity contribution in [3.63, 3.8) is 0 Å². The van der Waals surface area contributed by atoms with Crippen LogP contribution in [0.5, 0.6) is 5.75 Å². The van der Waals surface area contributed by atoms with Gasteiger partial charge in [0.25, 0.3) is 5.91 Å². The molecule has 0 radical (unpaired) electrons. The summed E-state index contributed by atoms with van der Waals surface area (Å²) in [4.78, 5) is 56.9. The third-order valence-electron chi connectivity index (χ3n) is 5.92. The van der Waals surface area contributed by atoms with E-state index in [-0.39, 0.29) is 35.1 Å². The first kappa shape index (κ1) is 25.0. The molecular formula is C24H30N4O6. The second kappa shape index (κ2) is 10.5. The van der Waals surface area contributed by atoms with Crippen LogP contribution in [0.4, 0.5) is 5.69 Å². The SMILES string of the molecule is COC(=O)c1c(CC(=O)Nc2cc(C(=O)N3CCN(C)CC3)ccc2OC)[nH]c(C(C)=O)c1C. The molecule has 182 valence electrons. The number of nitrogens with zero attached hydrogens (tertiary/aromatic N) is 2. The third kappa shape index (κ3) is 5.28. The first-order valence-electron chi connectivity index (χ1n) is 10.9. The van der Waals surface area contributed by atoms with E-state index in [0.29, 0.717) is 35.7 Å². The number of amides is 2. The highest BCUT2D eigenvalue weighted by atomic mass is 16.5. The number of rotatable bonds is 7. The molecule has 0 atom stereocenters. The van der Waals surface area contributed by atoms with E-state index >= 15 is 0 Å². The van der Waals surface area contributed by atoms with Gasteiger partial charge in [0.15, 0.2) is 5.78 Å². The first-order valence-corrected chi connectivity index (χ1v) is 10.9. The predicted molar refractivity (Wildman–Crippen MR) is 126 cm³/mol. The van der Waals surface area contributed by atoms with Crippen LogP contribution < -0.4 is 10.1 Å². The molecule has 1 fully saturated rings. The van der Waals surface area contributed by atoms with Gasteiger partial charge in [0.05, 0.1) is 37.6 Å². The van der Waals surface area contributed by atoms with Crippen molar-refractivity contribution in [2.45, 2.75) is 20.3 Å². The van der Waals surface area contributed by atoms with E-state index in [2.05, 4.69) is 15.2 Å². The molecule has 0 spiro atoms. The lowest BCUT2D eigenvalue weighted by atomic mass is 10.1. The minimum absolute atomic E-state index is 0.120. The Hall–Kier alpha value is -3.66. The number of carbonyl (C=O) groups excluding carboxylic acids is 4. The van der Waals surface area contributed by atoms with Gasteiger partial charge in [0.2, 0.25) is 5.91 Å². The monoisotopic (exact) mass is 470 g/mol. The first-order chi connectivity index (χ1) is 16.2. The summed E-state index contributed by atoms with van der Waals surface area (Å²) < 4.78 is 10.2. The number of carbonyl (C=O) groups is 4. The summed E-state index contributed by atoms with van der Waals surface area (Å²) >= 11 is 0. The topological polar surface area (TPSA) is 121 Å². The molecule has 2 N–H and O–H groups in total. The van der Waals surface area contributed by atoms with Crippen molar-refractivity contribution in [3.8, 4) is 5.75 Å². The maximum atomic E-state index is 13.0. The number of ketones is 1. The van der Waals surface area contributed by atoms with Crippen molar-refractivity contribution in [3.05, 3.63) is 46.3 Å². The van der Waals surface area contributed by atoms with Gasteiger partial charge in [-0.1, -0.05) is 0 Å². The van der Waals surface area contributed by atoms with E-state index in [0.717, 1.165) is 13.1 Å². The molecule has 1 aliphatic rings. The number of H-pyrrole nitrogens is 1. The van der Waals surface area contributed by atoms with Crippen molar-refractivity contribution < 1.29 is 28.7 Å². The van der Waals surface area contributed by atoms with Gasteiger partial charge in [-0.15, -0.1) is 0 Å². The molecule has 0 aliphatic carbocycles. The number of aromatic amines is 1. The Morgan fingerprint density at radius 1 is 1.09 bits per heavy atom. The molecule has 2 amide bonds. The van der Waals surface area contributed by atoms with E-state index in [1.165, 1.54) is 21.1 Å². The molecule has 1 aliphatic heterocycles. The number of hydrogen-bond acceptors (Lipinski definition) is 7. The van der Waals surface area contributed by atoms with Gasteiger partial charge in [-0.2, -0.15) is 0 Å². The van der Waals surface area contributed by atoms with Crippen LogP contribution in [0.1, 0.15) is 49.4 Å². The Labute approximate surface area is 198 Å². The lowest BCUT2D eigenvalue weighted by molar-refractivity contribution is -0.115. The van der Waals surface area contributed by atoms with Crippen molar-refractivity contribution in [2.24, 2.45) is 0 Å². The number of aromatic nitrogens is 1. The molecule has 2 heterocycles. The summed E-state index contributed by atoms with van der Waals surface area (Å²) in [6.07, 6.45) is -0.210. The average molecular weight is 471 g/mol. The minimum Gasteiger partial charge on any atom is -0.495 e. The van der Waals surface area contributed by atoms with Gasteiger partial charge >= 0.3 is 5.97 Å². The lowest BCUT2D eigenvalue weighted by Gasteiger charge is -2.32. The number of esters is 1. The molecule has 10 nitrogen and oxygen atoms in total. The van der Waals surface area contributed by atoms with E-state index in [1.807, 2.05) is 7.05 Å². The highest BCUT2D eigenvalue weighted by Gasteiger charge is 2.25. The largest absolute Gasteiger partial charge is 0.495 e. The predicted octanol–water partition coefficient (Wildman–Crippen LogP) is 1.89. The summed E-state index contributed by atoms with van der Waals surface area (Å²) in [7, 11) is 4.72. The molecule has 0 saturated carbocycles. The van der Waals surface area contributed by atoms with Gasteiger partial charge in [-0.25, -0.2) is 4.79 Å². The highest BCUT2D eigenvalue weighted by molar-refractivity contribution is 6.03. The van der Waals surface area contributed by atoms with Gasteiger partial charge in [-0.05, 0) is 37.7 Å². The maximum Gasteiger partial charge on any atom is 0.339 e. The lowest BCUT2D eigenvalue weighted by Crippen LogP contribution is -2.47. The Morgan fingerprint density at radius 3 is 2.35 bits per heavy atom. The Kier molecular flexibility index (Phi) is 7.72. The number of ether oxygens (including phenoxy) is 2. The molecule has 0 unspecified atom stereocenters. The normalized spacial score (nSPS) is 14.0. The van der Waals surface area contributed by atoms with E-state index < -0.39 is 11.9 Å². The van der Waals surface area contributed by atoms with E-state index in [1.54, 1.807) is 30.0 Å². The number of Topliss-reactive ketones (excluding diaryl/α,β-unsaturated/α-hetero) is 1. The second-order valence-corrected chi connectivity index (χ2v) is 8.26. The van der Waals surface area contributed by atoms with Gasteiger partial charge in [0.1, 0.15) is 5.75 Å². The molecule has 1 aromatic heterocycles. The molecule has 34 heavy (non-hydrogen) atoms. The maximum absolute atomic E-state index is 13.0. The zero-order chi connectivity index (χ0) is 25.0. The van der Waals surface area contributed by atoms with Crippen LogP contribution in [-0.2, 0) is 16.0 Å². The Balaban J connectivity index is 1.83. The second-order valence-electron chi connectivity index (χ2n) is 8.26. The van der Waals surface area contributed by atoms with Crippen LogP contribution in [0.2, 0.25) is 0 Å². The zero-order valence-corrected chi connectivity index (χ0v) is 20.1. The van der Waals surface area contributed by atoms with Crippen molar-refractivity contribution in [1.29, 1.82) is 0 Å². The molecule has 1 saturated heterocycles. The molecule has 10 heteroatoms. The van der Waals surface area contributed by atoms with Gasteiger partial charge in [0, 0.05) is 44.4 Å². The summed E-state index contributed by atoms with van der Waals surface area (Å²) in [5.41, 5.74) is 1.89. The fourth-order valence-electron chi connectivity index (χ4n) is 4.01. The summed E-state index contributed by atoms with van der Waals surface area (Å²) in [5, 5.41) is 2.76. The molecule has 1 aromatic carbocycles.